The van der Waals surface area contributed by atoms with Crippen molar-refractivity contribution in [1.82, 2.24) is 15.8 Å². The predicted molar refractivity (Wildman–Crippen MR) is 109 cm³/mol. The number of hydrogen-bond acceptors (Lipinski definition) is 4. The summed E-state index contributed by atoms with van der Waals surface area (Å²) in [6, 6.07) is 12.4. The lowest BCUT2D eigenvalue weighted by Gasteiger charge is -2.37. The van der Waals surface area contributed by atoms with Gasteiger partial charge in [-0.05, 0) is 36.2 Å². The summed E-state index contributed by atoms with van der Waals surface area (Å²) < 4.78 is 38.9. The fourth-order valence-electron chi connectivity index (χ4n) is 3.96. The number of hydrogen-bond donors (Lipinski definition) is 2. The number of halogens is 4. The molecule has 30 heavy (non-hydrogen) atoms. The summed E-state index contributed by atoms with van der Waals surface area (Å²) in [6.07, 6.45) is -3.79. The Balaban J connectivity index is 1.35. The van der Waals surface area contributed by atoms with Gasteiger partial charge in [0.15, 0.2) is 0 Å². The van der Waals surface area contributed by atoms with Gasteiger partial charge in [0.05, 0.1) is 5.56 Å². The Bertz CT molecular complexity index is 915. The summed E-state index contributed by atoms with van der Waals surface area (Å²) in [5.41, 5.74) is 7.00. The molecule has 2 aromatic carbocycles. The summed E-state index contributed by atoms with van der Waals surface area (Å²) in [5, 5.41) is 0.652. The Morgan fingerprint density at radius 1 is 1.00 bits per heavy atom. The van der Waals surface area contributed by atoms with Crippen LogP contribution in [0.25, 0.3) is 0 Å². The first kappa shape index (κ1) is 21.0. The molecule has 0 radical (unpaired) electrons. The Labute approximate surface area is 177 Å². The number of carbonyl (C=O) groups is 1. The highest BCUT2D eigenvalue weighted by molar-refractivity contribution is 6.31. The number of nitrogens with zero attached hydrogens (tertiary/aromatic N) is 2. The number of anilines is 1. The predicted octanol–water partition coefficient (Wildman–Crippen LogP) is 3.62. The normalized spacial score (nSPS) is 22.4. The number of alkyl halides is 3. The van der Waals surface area contributed by atoms with Crippen LogP contribution in [0, 0.1) is 0 Å². The fraction of sp³-hybridized carbons (Fsp3) is 0.381. The maximum absolute atomic E-state index is 13.0. The van der Waals surface area contributed by atoms with E-state index in [9.17, 15) is 18.0 Å². The summed E-state index contributed by atoms with van der Waals surface area (Å²) in [6.45, 7) is 1.90. The summed E-state index contributed by atoms with van der Waals surface area (Å²) in [7, 11) is 0. The maximum Gasteiger partial charge on any atom is 0.416 e. The van der Waals surface area contributed by atoms with Crippen molar-refractivity contribution in [2.75, 3.05) is 31.1 Å². The smallest absolute Gasteiger partial charge is 0.368 e. The van der Waals surface area contributed by atoms with Crippen LogP contribution in [0.5, 0.6) is 0 Å². The second kappa shape index (κ2) is 8.45. The Morgan fingerprint density at radius 2 is 1.73 bits per heavy atom. The van der Waals surface area contributed by atoms with Gasteiger partial charge in [-0.25, -0.2) is 10.9 Å². The molecule has 5 nitrogen and oxygen atoms in total. The van der Waals surface area contributed by atoms with Gasteiger partial charge in [-0.2, -0.15) is 13.2 Å². The van der Waals surface area contributed by atoms with E-state index in [-0.39, 0.29) is 18.0 Å². The molecule has 0 bridgehead atoms. The zero-order chi connectivity index (χ0) is 21.3. The molecule has 2 fully saturated rings. The molecule has 4 rings (SSSR count). The van der Waals surface area contributed by atoms with Gasteiger partial charge in [-0.3, -0.25) is 4.79 Å². The lowest BCUT2D eigenvalue weighted by atomic mass is 10.0. The Hall–Kier alpha value is -2.29. The summed E-state index contributed by atoms with van der Waals surface area (Å²) >= 11 is 6.25. The third-order valence-electron chi connectivity index (χ3n) is 5.61. The highest BCUT2D eigenvalue weighted by Gasteiger charge is 2.35. The third kappa shape index (κ3) is 4.40. The quantitative estimate of drug-likeness (QED) is 0.768. The lowest BCUT2D eigenvalue weighted by molar-refractivity contribution is -0.137. The van der Waals surface area contributed by atoms with E-state index in [1.807, 2.05) is 29.2 Å². The third-order valence-corrected chi connectivity index (χ3v) is 5.96. The fourth-order valence-corrected chi connectivity index (χ4v) is 4.23. The Kier molecular flexibility index (Phi) is 5.90. The molecule has 0 aromatic heterocycles. The van der Waals surface area contributed by atoms with Crippen molar-refractivity contribution in [1.29, 1.82) is 0 Å². The molecule has 2 aliphatic heterocycles. The first-order chi connectivity index (χ1) is 14.3. The highest BCUT2D eigenvalue weighted by atomic mass is 35.5. The van der Waals surface area contributed by atoms with Gasteiger partial charge in [0.25, 0.3) is 0 Å². The molecule has 2 atom stereocenters. The largest absolute Gasteiger partial charge is 0.416 e. The number of piperazine rings is 1. The van der Waals surface area contributed by atoms with E-state index >= 15 is 0 Å². The SMILES string of the molecule is O=C(C1CC(c2ccccc2Cl)NN1)N1CCN(c2cccc(C(F)(F)F)c2)CC1. The van der Waals surface area contributed by atoms with Crippen LogP contribution in [0.3, 0.4) is 0 Å². The number of amides is 1. The van der Waals surface area contributed by atoms with Crippen LogP contribution >= 0.6 is 11.6 Å². The van der Waals surface area contributed by atoms with Crippen LogP contribution in [-0.4, -0.2) is 43.0 Å². The average Bonchev–Trinajstić information content (AvgIpc) is 3.23. The number of hydrazine groups is 1. The molecule has 2 saturated heterocycles. The Morgan fingerprint density at radius 3 is 2.43 bits per heavy atom. The van der Waals surface area contributed by atoms with Gasteiger partial charge in [0, 0.05) is 42.9 Å². The minimum atomic E-state index is -4.37. The van der Waals surface area contributed by atoms with Crippen molar-refractivity contribution in [3.63, 3.8) is 0 Å². The van der Waals surface area contributed by atoms with E-state index in [1.54, 1.807) is 11.0 Å². The topological polar surface area (TPSA) is 47.6 Å². The summed E-state index contributed by atoms with van der Waals surface area (Å²) in [5.74, 6) is -0.0132. The van der Waals surface area contributed by atoms with Crippen LogP contribution in [0.4, 0.5) is 18.9 Å². The molecule has 2 aromatic rings. The minimum absolute atomic E-state index is 0.0132. The van der Waals surface area contributed by atoms with Crippen molar-refractivity contribution in [2.24, 2.45) is 0 Å². The van der Waals surface area contributed by atoms with Crippen LogP contribution in [0.1, 0.15) is 23.6 Å². The molecule has 160 valence electrons. The van der Waals surface area contributed by atoms with E-state index in [0.29, 0.717) is 43.3 Å². The zero-order valence-corrected chi connectivity index (χ0v) is 16.9. The summed E-state index contributed by atoms with van der Waals surface area (Å²) in [4.78, 5) is 16.6. The number of benzene rings is 2. The molecule has 1 amide bonds. The molecule has 0 saturated carbocycles. The van der Waals surface area contributed by atoms with Gasteiger partial charge in [-0.1, -0.05) is 35.9 Å². The van der Waals surface area contributed by atoms with Crippen LogP contribution in [0.15, 0.2) is 48.5 Å². The van der Waals surface area contributed by atoms with Crippen molar-refractivity contribution in [2.45, 2.75) is 24.7 Å². The first-order valence-corrected chi connectivity index (χ1v) is 10.2. The van der Waals surface area contributed by atoms with Crippen molar-refractivity contribution < 1.29 is 18.0 Å². The van der Waals surface area contributed by atoms with Gasteiger partial charge in [-0.15, -0.1) is 0 Å². The van der Waals surface area contributed by atoms with Gasteiger partial charge in [0.2, 0.25) is 5.91 Å². The maximum atomic E-state index is 13.0. The highest BCUT2D eigenvalue weighted by Crippen LogP contribution is 2.32. The number of nitrogens with one attached hydrogen (secondary N) is 2. The number of rotatable bonds is 3. The van der Waals surface area contributed by atoms with E-state index in [1.165, 1.54) is 6.07 Å². The second-order valence-corrected chi connectivity index (χ2v) is 7.92. The van der Waals surface area contributed by atoms with Crippen LogP contribution in [0.2, 0.25) is 5.02 Å². The van der Waals surface area contributed by atoms with E-state index < -0.39 is 11.7 Å². The molecule has 2 heterocycles. The van der Waals surface area contributed by atoms with E-state index in [0.717, 1.165) is 17.7 Å². The van der Waals surface area contributed by atoms with Crippen molar-refractivity contribution in [3.8, 4) is 0 Å². The molecule has 0 aliphatic carbocycles. The standard InChI is InChI=1S/C21H22ClF3N4O/c22-17-7-2-1-6-16(17)18-13-19(27-26-18)20(30)29-10-8-28(9-11-29)15-5-3-4-14(12-15)21(23,24)25/h1-7,12,18-19,26-27H,8-11,13H2. The van der Waals surface area contributed by atoms with Gasteiger partial charge in [0.1, 0.15) is 6.04 Å². The number of carbonyl (C=O) groups excluding carboxylic acids is 1. The van der Waals surface area contributed by atoms with Gasteiger partial charge >= 0.3 is 6.18 Å². The van der Waals surface area contributed by atoms with Crippen molar-refractivity contribution in [3.05, 3.63) is 64.7 Å². The molecular weight excluding hydrogens is 417 g/mol. The molecule has 0 spiro atoms. The molecule has 2 unspecified atom stereocenters. The molecule has 2 aliphatic rings. The van der Waals surface area contributed by atoms with E-state index in [2.05, 4.69) is 10.9 Å². The van der Waals surface area contributed by atoms with Crippen LogP contribution < -0.4 is 15.8 Å². The lowest BCUT2D eigenvalue weighted by Crippen LogP contribution is -2.53. The van der Waals surface area contributed by atoms with Crippen LogP contribution in [-0.2, 0) is 11.0 Å². The molecule has 9 heteroatoms. The zero-order valence-electron chi connectivity index (χ0n) is 16.1. The van der Waals surface area contributed by atoms with Gasteiger partial charge < -0.3 is 9.80 Å². The van der Waals surface area contributed by atoms with E-state index in [4.69, 9.17) is 11.6 Å². The average molecular weight is 439 g/mol. The first-order valence-electron chi connectivity index (χ1n) is 9.79. The molecule has 2 N–H and O–H groups in total. The monoisotopic (exact) mass is 438 g/mol. The molecular formula is C21H22ClF3N4O. The van der Waals surface area contributed by atoms with Crippen molar-refractivity contribution >= 4 is 23.2 Å². The second-order valence-electron chi connectivity index (χ2n) is 7.51. The minimum Gasteiger partial charge on any atom is -0.368 e.